The highest BCUT2D eigenvalue weighted by molar-refractivity contribution is 7.84. The highest BCUT2D eigenvalue weighted by atomic mass is 35.5. The fraction of sp³-hybridized carbons (Fsp3) is 0.250. The Bertz CT molecular complexity index is 1470. The predicted octanol–water partition coefficient (Wildman–Crippen LogP) is 4.99. The molecule has 188 valence electrons. The molecule has 0 fully saturated rings. The van der Waals surface area contributed by atoms with Gasteiger partial charge in [-0.3, -0.25) is 14.0 Å². The smallest absolute Gasteiger partial charge is 0.251 e. The number of hydrogen-bond donors (Lipinski definition) is 1. The summed E-state index contributed by atoms with van der Waals surface area (Å²) in [7, 11) is -0.967. The molecule has 1 heterocycles. The first kappa shape index (κ1) is 25.1. The van der Waals surface area contributed by atoms with Crippen LogP contribution in [0.15, 0.2) is 65.8 Å². The summed E-state index contributed by atoms with van der Waals surface area (Å²) in [6.45, 7) is 0.356. The number of nitriles is 1. The second-order valence-corrected chi connectivity index (χ2v) is 11.1. The van der Waals surface area contributed by atoms with Crippen LogP contribution in [0.4, 0.5) is 10.1 Å². The van der Waals surface area contributed by atoms with Crippen LogP contribution in [0, 0.1) is 23.1 Å². The highest BCUT2D eigenvalue weighted by Crippen LogP contribution is 2.46. The number of amides is 1. The Labute approximate surface area is 222 Å². The number of hydrogen-bond acceptors (Lipinski definition) is 5. The quantitative estimate of drug-likeness (QED) is 0.483. The Morgan fingerprint density at radius 3 is 2.70 bits per heavy atom. The molecule has 1 amide bonds. The van der Waals surface area contributed by atoms with Crippen molar-refractivity contribution in [2.75, 3.05) is 23.6 Å². The molecule has 1 aliphatic heterocycles. The van der Waals surface area contributed by atoms with E-state index >= 15 is 0 Å². The molecule has 0 saturated carbocycles. The molecule has 0 spiro atoms. The molecular formula is C28H24ClFN4O2S. The summed E-state index contributed by atoms with van der Waals surface area (Å²) in [5.41, 5.74) is 5.54. The molecule has 2 aliphatic rings. The molecule has 0 aromatic heterocycles. The summed E-state index contributed by atoms with van der Waals surface area (Å²) >= 11 is 6.35. The van der Waals surface area contributed by atoms with Crippen LogP contribution in [0.2, 0.25) is 5.02 Å². The Hall–Kier alpha value is -3.54. The minimum absolute atomic E-state index is 0.0478. The number of nitrogens with zero attached hydrogens (tertiary/aromatic N) is 3. The third kappa shape index (κ3) is 5.02. The number of benzene rings is 3. The van der Waals surface area contributed by atoms with Gasteiger partial charge in [-0.25, -0.2) is 4.39 Å². The van der Waals surface area contributed by atoms with Gasteiger partial charge in [-0.1, -0.05) is 29.8 Å². The Morgan fingerprint density at radius 2 is 2.00 bits per heavy atom. The lowest BCUT2D eigenvalue weighted by molar-refractivity contribution is 0.0956. The van der Waals surface area contributed by atoms with Crippen molar-refractivity contribution in [2.45, 2.75) is 18.9 Å². The van der Waals surface area contributed by atoms with Gasteiger partial charge in [-0.2, -0.15) is 10.4 Å². The molecule has 37 heavy (non-hydrogen) atoms. The van der Waals surface area contributed by atoms with E-state index in [4.69, 9.17) is 16.7 Å². The zero-order chi connectivity index (χ0) is 26.1. The number of carbonyl (C=O) groups is 1. The van der Waals surface area contributed by atoms with Crippen LogP contribution in [0.1, 0.15) is 45.1 Å². The van der Waals surface area contributed by atoms with Crippen LogP contribution in [0.3, 0.4) is 0 Å². The van der Waals surface area contributed by atoms with Gasteiger partial charge in [0.05, 0.1) is 28.0 Å². The lowest BCUT2D eigenvalue weighted by Gasteiger charge is -2.31. The number of carbonyl (C=O) groups excluding carboxylic acids is 1. The molecule has 1 N–H and O–H groups in total. The molecule has 0 radical (unpaired) electrons. The molecule has 3 atom stereocenters. The second kappa shape index (κ2) is 10.4. The van der Waals surface area contributed by atoms with Crippen molar-refractivity contribution in [3.8, 4) is 6.07 Å². The topological polar surface area (TPSA) is 85.6 Å². The zero-order valence-corrected chi connectivity index (χ0v) is 21.7. The number of fused-ring (bicyclic) bond motifs is 3. The maximum atomic E-state index is 13.7. The van der Waals surface area contributed by atoms with E-state index in [-0.39, 0.29) is 23.7 Å². The molecule has 3 aromatic carbocycles. The largest absolute Gasteiger partial charge is 0.351 e. The van der Waals surface area contributed by atoms with Gasteiger partial charge in [-0.15, -0.1) is 0 Å². The maximum Gasteiger partial charge on any atom is 0.251 e. The van der Waals surface area contributed by atoms with Crippen molar-refractivity contribution in [3.63, 3.8) is 0 Å². The molecule has 0 saturated heterocycles. The minimum atomic E-state index is -0.967. The van der Waals surface area contributed by atoms with E-state index in [1.54, 1.807) is 36.6 Å². The van der Waals surface area contributed by atoms with Crippen LogP contribution in [-0.4, -0.2) is 34.4 Å². The van der Waals surface area contributed by atoms with E-state index in [0.717, 1.165) is 40.9 Å². The summed E-state index contributed by atoms with van der Waals surface area (Å²) in [6.07, 6.45) is 3.17. The van der Waals surface area contributed by atoms with Crippen molar-refractivity contribution in [2.24, 2.45) is 11.0 Å². The van der Waals surface area contributed by atoms with Gasteiger partial charge in [0.25, 0.3) is 5.91 Å². The number of halogens is 2. The SMILES string of the molecule is CS(=O)CCNC(=O)c1ccc2c(c1)CCC1C2=NN(c2ccc(C#N)c(Cl)c2)C1c1ccc(F)cc1. The second-order valence-electron chi connectivity index (χ2n) is 9.15. The molecule has 3 unspecified atom stereocenters. The standard InChI is InChI=1S/C28H24ClFN4O2S/c1-37(36)13-12-32-28(35)19-6-10-23-18(14-19)5-11-24-26(23)33-34(22-9-4-20(16-31)25(29)15-22)27(24)17-2-7-21(30)8-3-17/h2-4,6-10,14-15,24,27H,5,11-13H2,1H3,(H,32,35). The van der Waals surface area contributed by atoms with Crippen LogP contribution in [-0.2, 0) is 17.2 Å². The van der Waals surface area contributed by atoms with Crippen LogP contribution >= 0.6 is 11.6 Å². The maximum absolute atomic E-state index is 13.7. The molecule has 6 nitrogen and oxygen atoms in total. The van der Waals surface area contributed by atoms with Crippen LogP contribution in [0.25, 0.3) is 0 Å². The van der Waals surface area contributed by atoms with E-state index < -0.39 is 10.8 Å². The van der Waals surface area contributed by atoms with Crippen molar-refractivity contribution in [3.05, 3.63) is 99.3 Å². The Morgan fingerprint density at radius 1 is 1.22 bits per heavy atom. The number of rotatable bonds is 6. The average molecular weight is 535 g/mol. The summed E-state index contributed by atoms with van der Waals surface area (Å²) in [4.78, 5) is 12.6. The summed E-state index contributed by atoms with van der Waals surface area (Å²) in [6, 6.07) is 19.2. The first-order valence-corrected chi connectivity index (χ1v) is 14.0. The van der Waals surface area contributed by atoms with Crippen molar-refractivity contribution in [1.82, 2.24) is 5.32 Å². The highest BCUT2D eigenvalue weighted by Gasteiger charge is 2.42. The number of nitrogens with one attached hydrogen (secondary N) is 1. The van der Waals surface area contributed by atoms with E-state index in [9.17, 15) is 18.7 Å². The van der Waals surface area contributed by atoms with Crippen molar-refractivity contribution >= 4 is 39.7 Å². The van der Waals surface area contributed by atoms with Gasteiger partial charge < -0.3 is 5.32 Å². The number of hydrazone groups is 1. The Balaban J connectivity index is 1.51. The molecule has 9 heteroatoms. The number of aryl methyl sites for hydroxylation is 1. The van der Waals surface area contributed by atoms with E-state index in [0.29, 0.717) is 28.4 Å². The third-order valence-electron chi connectivity index (χ3n) is 6.80. The normalized spacial score (nSPS) is 18.9. The summed E-state index contributed by atoms with van der Waals surface area (Å²) in [5, 5.41) is 19.4. The van der Waals surface area contributed by atoms with E-state index in [1.165, 1.54) is 12.1 Å². The van der Waals surface area contributed by atoms with Gasteiger partial charge in [0.2, 0.25) is 0 Å². The van der Waals surface area contributed by atoms with Crippen LogP contribution in [0.5, 0.6) is 0 Å². The lowest BCUT2D eigenvalue weighted by atomic mass is 9.77. The molecule has 1 aliphatic carbocycles. The molecular weight excluding hydrogens is 511 g/mol. The number of anilines is 1. The average Bonchev–Trinajstić information content (AvgIpc) is 3.28. The summed E-state index contributed by atoms with van der Waals surface area (Å²) < 4.78 is 25.0. The monoisotopic (exact) mass is 534 g/mol. The Kier molecular flexibility index (Phi) is 7.09. The third-order valence-corrected chi connectivity index (χ3v) is 7.90. The summed E-state index contributed by atoms with van der Waals surface area (Å²) in [5.74, 6) is -0.0380. The van der Waals surface area contributed by atoms with Crippen LogP contribution < -0.4 is 10.3 Å². The molecule has 3 aromatic rings. The van der Waals surface area contributed by atoms with Crippen molar-refractivity contribution in [1.29, 1.82) is 5.26 Å². The van der Waals surface area contributed by atoms with Gasteiger partial charge in [0, 0.05) is 46.4 Å². The first-order valence-electron chi connectivity index (χ1n) is 11.9. The molecule has 0 bridgehead atoms. The first-order chi connectivity index (χ1) is 17.9. The molecule has 5 rings (SSSR count). The van der Waals surface area contributed by atoms with Gasteiger partial charge in [0.15, 0.2) is 0 Å². The zero-order valence-electron chi connectivity index (χ0n) is 20.1. The van der Waals surface area contributed by atoms with Gasteiger partial charge in [0.1, 0.15) is 11.9 Å². The fourth-order valence-corrected chi connectivity index (χ4v) is 5.63. The van der Waals surface area contributed by atoms with Crippen molar-refractivity contribution < 1.29 is 13.4 Å². The predicted molar refractivity (Wildman–Crippen MR) is 144 cm³/mol. The van der Waals surface area contributed by atoms with Gasteiger partial charge in [-0.05, 0) is 66.4 Å². The fourth-order valence-electron chi connectivity index (χ4n) is 5.02. The minimum Gasteiger partial charge on any atom is -0.351 e. The van der Waals surface area contributed by atoms with E-state index in [1.807, 2.05) is 23.2 Å². The van der Waals surface area contributed by atoms with E-state index in [2.05, 4.69) is 11.4 Å². The van der Waals surface area contributed by atoms with Gasteiger partial charge >= 0.3 is 0 Å². The lowest BCUT2D eigenvalue weighted by Crippen LogP contribution is -2.30.